The van der Waals surface area contributed by atoms with Crippen LogP contribution in [0.15, 0.2) is 23.3 Å². The number of ether oxygens (including phenoxy) is 2. The van der Waals surface area contributed by atoms with Crippen LogP contribution >= 0.6 is 0 Å². The van der Waals surface area contributed by atoms with Crippen LogP contribution in [0.25, 0.3) is 0 Å². The first kappa shape index (κ1) is 7.40. The first-order chi connectivity index (χ1) is 5.84. The quantitative estimate of drug-likeness (QED) is 0.472. The number of hydrogen-bond acceptors (Lipinski definition) is 3. The number of rotatable bonds is 4. The van der Waals surface area contributed by atoms with Crippen LogP contribution in [0.3, 0.4) is 0 Å². The van der Waals surface area contributed by atoms with Crippen LogP contribution < -0.4 is 0 Å². The van der Waals surface area contributed by atoms with E-state index in [4.69, 9.17) is 9.47 Å². The van der Waals surface area contributed by atoms with Crippen LogP contribution in [0, 0.1) is 0 Å². The predicted octanol–water partition coefficient (Wildman–Crippen LogP) is 1.80. The molecule has 64 valence electrons. The number of hydrogen-bond donors (Lipinski definition) is 0. The van der Waals surface area contributed by atoms with Crippen molar-refractivity contribution >= 4 is 6.16 Å². The highest BCUT2D eigenvalue weighted by atomic mass is 16.7. The van der Waals surface area contributed by atoms with Gasteiger partial charge in [0.25, 0.3) is 0 Å². The van der Waals surface area contributed by atoms with Crippen molar-refractivity contribution in [2.45, 2.75) is 12.8 Å². The van der Waals surface area contributed by atoms with Gasteiger partial charge in [0.1, 0.15) is 13.2 Å². The summed E-state index contributed by atoms with van der Waals surface area (Å²) in [4.78, 5) is 10.8. The third-order valence-electron chi connectivity index (χ3n) is 1.74. The van der Waals surface area contributed by atoms with Gasteiger partial charge in [-0.1, -0.05) is 12.2 Å². The van der Waals surface area contributed by atoms with Gasteiger partial charge in [0.05, 0.1) is 0 Å². The van der Waals surface area contributed by atoms with Gasteiger partial charge in [-0.3, -0.25) is 0 Å². The van der Waals surface area contributed by atoms with Crippen molar-refractivity contribution in [3.8, 4) is 0 Å². The third-order valence-corrected chi connectivity index (χ3v) is 1.74. The van der Waals surface area contributed by atoms with Gasteiger partial charge in [-0.05, 0) is 24.0 Å². The lowest BCUT2D eigenvalue weighted by Gasteiger charge is -2.01. The molecule has 0 bridgehead atoms. The van der Waals surface area contributed by atoms with E-state index in [1.807, 2.05) is 12.2 Å². The van der Waals surface area contributed by atoms with Gasteiger partial charge in [-0.25, -0.2) is 4.79 Å². The van der Waals surface area contributed by atoms with Crippen LogP contribution in [0.1, 0.15) is 12.8 Å². The first-order valence-corrected chi connectivity index (χ1v) is 4.00. The molecule has 2 aliphatic carbocycles. The van der Waals surface area contributed by atoms with Crippen LogP contribution in [-0.2, 0) is 9.47 Å². The summed E-state index contributed by atoms with van der Waals surface area (Å²) in [6.45, 7) is 0.801. The van der Waals surface area contributed by atoms with Crippen molar-refractivity contribution in [3.63, 3.8) is 0 Å². The molecule has 0 heterocycles. The monoisotopic (exact) mass is 166 g/mol. The zero-order chi connectivity index (χ0) is 8.39. The zero-order valence-corrected chi connectivity index (χ0v) is 6.71. The molecule has 0 unspecified atom stereocenters. The van der Waals surface area contributed by atoms with Gasteiger partial charge in [0.15, 0.2) is 0 Å². The van der Waals surface area contributed by atoms with Crippen molar-refractivity contribution in [2.75, 3.05) is 13.2 Å². The Kier molecular flexibility index (Phi) is 1.86. The summed E-state index contributed by atoms with van der Waals surface area (Å²) in [5.74, 6) is 0. The van der Waals surface area contributed by atoms with E-state index in [-0.39, 0.29) is 0 Å². The van der Waals surface area contributed by atoms with Gasteiger partial charge in [-0.15, -0.1) is 0 Å². The third kappa shape index (κ3) is 2.42. The second-order valence-corrected chi connectivity index (χ2v) is 2.96. The number of carbonyl (C=O) groups is 1. The first-order valence-electron chi connectivity index (χ1n) is 4.00. The molecule has 3 heteroatoms. The molecule has 0 N–H and O–H groups in total. The van der Waals surface area contributed by atoms with Crippen molar-refractivity contribution in [3.05, 3.63) is 23.3 Å². The SMILES string of the molecule is O=C(OCC1=CC1)OCC1=CC1. The summed E-state index contributed by atoms with van der Waals surface area (Å²) in [7, 11) is 0. The predicted molar refractivity (Wildman–Crippen MR) is 42.7 cm³/mol. The summed E-state index contributed by atoms with van der Waals surface area (Å²) in [6.07, 6.45) is 5.46. The molecule has 0 aliphatic heterocycles. The summed E-state index contributed by atoms with van der Waals surface area (Å²) in [5.41, 5.74) is 2.36. The molecule has 2 aliphatic rings. The fourth-order valence-corrected chi connectivity index (χ4v) is 0.725. The Labute approximate surface area is 70.7 Å². The molecule has 0 amide bonds. The van der Waals surface area contributed by atoms with Gasteiger partial charge in [0, 0.05) is 0 Å². The molecule has 0 aromatic heterocycles. The van der Waals surface area contributed by atoms with E-state index in [1.165, 1.54) is 11.1 Å². The average molecular weight is 166 g/mol. The Morgan fingerprint density at radius 1 is 1.17 bits per heavy atom. The van der Waals surface area contributed by atoms with E-state index in [0.717, 1.165) is 12.8 Å². The van der Waals surface area contributed by atoms with Crippen molar-refractivity contribution in [1.29, 1.82) is 0 Å². The number of carbonyl (C=O) groups excluding carboxylic acids is 1. The minimum Gasteiger partial charge on any atom is -0.430 e. The summed E-state index contributed by atoms with van der Waals surface area (Å²) >= 11 is 0. The van der Waals surface area contributed by atoms with Crippen LogP contribution in [0.2, 0.25) is 0 Å². The summed E-state index contributed by atoms with van der Waals surface area (Å²) in [5, 5.41) is 0. The Morgan fingerprint density at radius 2 is 1.58 bits per heavy atom. The molecule has 0 radical (unpaired) electrons. The van der Waals surface area contributed by atoms with E-state index in [0.29, 0.717) is 13.2 Å². The lowest BCUT2D eigenvalue weighted by atomic mass is 10.5. The standard InChI is InChI=1S/C9H10O3/c10-9(11-5-7-1-2-7)12-6-8-3-4-8/h1,3H,2,4-6H2. The Morgan fingerprint density at radius 3 is 1.92 bits per heavy atom. The molecule has 0 saturated heterocycles. The largest absolute Gasteiger partial charge is 0.508 e. The van der Waals surface area contributed by atoms with Gasteiger partial charge in [0.2, 0.25) is 0 Å². The maximum absolute atomic E-state index is 10.8. The van der Waals surface area contributed by atoms with Crippen LogP contribution in [-0.4, -0.2) is 19.4 Å². The maximum Gasteiger partial charge on any atom is 0.508 e. The van der Waals surface area contributed by atoms with Crippen molar-refractivity contribution in [1.82, 2.24) is 0 Å². The molecule has 0 aromatic carbocycles. The van der Waals surface area contributed by atoms with Crippen LogP contribution in [0.5, 0.6) is 0 Å². The molecule has 0 atom stereocenters. The molecule has 0 aromatic rings. The Balaban J connectivity index is 1.55. The van der Waals surface area contributed by atoms with Gasteiger partial charge < -0.3 is 9.47 Å². The fourth-order valence-electron chi connectivity index (χ4n) is 0.725. The summed E-state index contributed by atoms with van der Waals surface area (Å²) < 4.78 is 9.57. The fraction of sp³-hybridized carbons (Fsp3) is 0.444. The van der Waals surface area contributed by atoms with E-state index < -0.39 is 6.16 Å². The zero-order valence-electron chi connectivity index (χ0n) is 6.71. The molecular weight excluding hydrogens is 156 g/mol. The lowest BCUT2D eigenvalue weighted by Crippen LogP contribution is -2.08. The summed E-state index contributed by atoms with van der Waals surface area (Å²) in [6, 6.07) is 0. The highest BCUT2D eigenvalue weighted by Gasteiger charge is 2.13. The normalized spacial score (nSPS) is 17.7. The molecule has 0 fully saturated rings. The highest BCUT2D eigenvalue weighted by Crippen LogP contribution is 2.19. The molecule has 0 spiro atoms. The Hall–Kier alpha value is -1.25. The number of allylic oxidation sites excluding steroid dienone is 2. The highest BCUT2D eigenvalue weighted by molar-refractivity contribution is 5.60. The minimum absolute atomic E-state index is 0.401. The van der Waals surface area contributed by atoms with E-state index in [1.54, 1.807) is 0 Å². The topological polar surface area (TPSA) is 35.5 Å². The molecule has 12 heavy (non-hydrogen) atoms. The van der Waals surface area contributed by atoms with Crippen molar-refractivity contribution < 1.29 is 14.3 Å². The average Bonchev–Trinajstić information content (AvgIpc) is 2.89. The molecular formula is C9H10O3. The molecule has 2 rings (SSSR count). The van der Waals surface area contributed by atoms with E-state index >= 15 is 0 Å². The molecule has 3 nitrogen and oxygen atoms in total. The van der Waals surface area contributed by atoms with Gasteiger partial charge >= 0.3 is 6.16 Å². The van der Waals surface area contributed by atoms with Crippen molar-refractivity contribution in [2.24, 2.45) is 0 Å². The second-order valence-electron chi connectivity index (χ2n) is 2.96. The lowest BCUT2D eigenvalue weighted by molar-refractivity contribution is 0.0694. The molecule has 0 saturated carbocycles. The van der Waals surface area contributed by atoms with Gasteiger partial charge in [-0.2, -0.15) is 0 Å². The van der Waals surface area contributed by atoms with E-state index in [2.05, 4.69) is 0 Å². The second kappa shape index (κ2) is 3.01. The van der Waals surface area contributed by atoms with E-state index in [9.17, 15) is 4.79 Å². The minimum atomic E-state index is -0.560. The van der Waals surface area contributed by atoms with Crippen LogP contribution in [0.4, 0.5) is 4.79 Å². The Bertz CT molecular complexity index is 237. The maximum atomic E-state index is 10.8. The smallest absolute Gasteiger partial charge is 0.430 e.